The highest BCUT2D eigenvalue weighted by Crippen LogP contribution is 2.27. The highest BCUT2D eigenvalue weighted by Gasteiger charge is 2.16. The minimum absolute atomic E-state index is 0.0238. The van der Waals surface area contributed by atoms with Crippen LogP contribution in [0.15, 0.2) is 51.7 Å². The number of phenols is 1. The second-order valence-electron chi connectivity index (χ2n) is 7.24. The third kappa shape index (κ3) is 4.53. The normalized spacial score (nSPS) is 11.1. The number of aromatic nitrogens is 1. The first-order valence-electron chi connectivity index (χ1n) is 9.47. The fourth-order valence-corrected chi connectivity index (χ4v) is 4.01. The molecule has 0 atom stereocenters. The minimum Gasteiger partial charge on any atom is -0.504 e. The molecule has 0 saturated carbocycles. The van der Waals surface area contributed by atoms with E-state index in [0.717, 1.165) is 22.3 Å². The Morgan fingerprint density at radius 1 is 1.16 bits per heavy atom. The number of aromatic hydroxyl groups is 1. The van der Waals surface area contributed by atoms with Gasteiger partial charge in [0.15, 0.2) is 16.5 Å². The molecule has 0 aliphatic rings. The topological polar surface area (TPSA) is 137 Å². The van der Waals surface area contributed by atoms with Gasteiger partial charge in [-0.25, -0.2) is 20.0 Å². The smallest absolute Gasteiger partial charge is 0.349 e. The van der Waals surface area contributed by atoms with Crippen molar-refractivity contribution in [2.75, 3.05) is 19.4 Å². The maximum absolute atomic E-state index is 12.3. The number of anilines is 1. The number of nitrogens with one attached hydrogen (secondary N) is 3. The number of carbonyl (C=O) groups is 2. The average Bonchev–Trinajstić information content (AvgIpc) is 3.13. The fourth-order valence-electron chi connectivity index (χ4n) is 3.08. The molecule has 2 aromatic heterocycles. The Labute approximate surface area is 185 Å². The van der Waals surface area contributed by atoms with Crippen LogP contribution >= 0.6 is 11.3 Å². The van der Waals surface area contributed by atoms with Crippen LogP contribution in [0.5, 0.6) is 5.75 Å². The van der Waals surface area contributed by atoms with Gasteiger partial charge in [-0.1, -0.05) is 29.5 Å². The summed E-state index contributed by atoms with van der Waals surface area (Å²) in [5.41, 5.74) is 4.90. The molecule has 4 rings (SSSR count). The van der Waals surface area contributed by atoms with Crippen LogP contribution in [0.25, 0.3) is 21.2 Å². The standard InChI is InChI=1S/C21H19N5O5S/c1-26(2)10-11-6-7-14-16(8-11)32-21(22-14)23-20(30)25-24-18(28)13-9-12-4-3-5-15(27)17(12)31-19(13)29/h3-9,27H,10H2,1-2H3,(H,24,28)(H2,22,23,25,30). The Kier molecular flexibility index (Phi) is 5.75. The van der Waals surface area contributed by atoms with Gasteiger partial charge in [0.25, 0.3) is 5.91 Å². The molecule has 0 spiro atoms. The van der Waals surface area contributed by atoms with Crippen LogP contribution in [-0.4, -0.2) is 41.0 Å². The number of fused-ring (bicyclic) bond motifs is 2. The highest BCUT2D eigenvalue weighted by atomic mass is 32.1. The zero-order valence-corrected chi connectivity index (χ0v) is 17.9. The lowest BCUT2D eigenvalue weighted by Crippen LogP contribution is -2.45. The molecule has 32 heavy (non-hydrogen) atoms. The number of amides is 3. The molecule has 0 unspecified atom stereocenters. The van der Waals surface area contributed by atoms with E-state index in [2.05, 4.69) is 26.1 Å². The molecule has 0 fully saturated rings. The lowest BCUT2D eigenvalue weighted by Gasteiger charge is -2.08. The number of carbonyl (C=O) groups excluding carboxylic acids is 2. The summed E-state index contributed by atoms with van der Waals surface area (Å²) >= 11 is 1.30. The summed E-state index contributed by atoms with van der Waals surface area (Å²) in [5, 5.41) is 13.0. The second-order valence-corrected chi connectivity index (χ2v) is 8.27. The Morgan fingerprint density at radius 2 is 1.97 bits per heavy atom. The zero-order valence-electron chi connectivity index (χ0n) is 17.1. The number of phenolic OH excluding ortho intramolecular Hbond substituents is 1. The number of hydrogen-bond donors (Lipinski definition) is 4. The summed E-state index contributed by atoms with van der Waals surface area (Å²) in [6.07, 6.45) is 0. The monoisotopic (exact) mass is 453 g/mol. The average molecular weight is 453 g/mol. The van der Waals surface area contributed by atoms with Gasteiger partial charge in [-0.15, -0.1) is 0 Å². The van der Waals surface area contributed by atoms with Crippen molar-refractivity contribution in [2.45, 2.75) is 6.54 Å². The summed E-state index contributed by atoms with van der Waals surface area (Å²) in [6, 6.07) is 10.9. The van der Waals surface area contributed by atoms with Crippen molar-refractivity contribution in [1.82, 2.24) is 20.7 Å². The van der Waals surface area contributed by atoms with Crippen LogP contribution in [0.3, 0.4) is 0 Å². The summed E-state index contributed by atoms with van der Waals surface area (Å²) in [5.74, 6) is -1.08. The molecule has 10 nitrogen and oxygen atoms in total. The number of urea groups is 1. The number of nitrogens with zero attached hydrogens (tertiary/aromatic N) is 2. The van der Waals surface area contributed by atoms with E-state index in [1.165, 1.54) is 23.5 Å². The second kappa shape index (κ2) is 8.65. The van der Waals surface area contributed by atoms with Gasteiger partial charge in [-0.2, -0.15) is 0 Å². The molecule has 3 amide bonds. The van der Waals surface area contributed by atoms with Gasteiger partial charge in [0.2, 0.25) is 0 Å². The number of rotatable bonds is 4. The molecule has 4 aromatic rings. The van der Waals surface area contributed by atoms with Gasteiger partial charge < -0.3 is 14.4 Å². The number of para-hydroxylation sites is 1. The highest BCUT2D eigenvalue weighted by molar-refractivity contribution is 7.22. The van der Waals surface area contributed by atoms with Crippen molar-refractivity contribution in [3.05, 3.63) is 64.0 Å². The molecule has 0 radical (unpaired) electrons. The van der Waals surface area contributed by atoms with Crippen molar-refractivity contribution in [1.29, 1.82) is 0 Å². The number of hydrogen-bond acceptors (Lipinski definition) is 8. The van der Waals surface area contributed by atoms with Crippen LogP contribution in [0.4, 0.5) is 9.93 Å². The minimum atomic E-state index is -0.946. The predicted molar refractivity (Wildman–Crippen MR) is 121 cm³/mol. The molecule has 0 aliphatic heterocycles. The van der Waals surface area contributed by atoms with E-state index in [1.54, 1.807) is 12.1 Å². The van der Waals surface area contributed by atoms with Gasteiger partial charge in [0, 0.05) is 11.9 Å². The molecule has 0 bridgehead atoms. The van der Waals surface area contributed by atoms with Gasteiger partial charge in [0.05, 0.1) is 10.2 Å². The van der Waals surface area contributed by atoms with Crippen molar-refractivity contribution >= 4 is 49.6 Å². The lowest BCUT2D eigenvalue weighted by atomic mass is 10.1. The summed E-state index contributed by atoms with van der Waals surface area (Å²) < 4.78 is 5.93. The first kappa shape index (κ1) is 21.3. The Balaban J connectivity index is 1.41. The Bertz CT molecular complexity index is 1390. The molecule has 2 heterocycles. The predicted octanol–water partition coefficient (Wildman–Crippen LogP) is 2.64. The van der Waals surface area contributed by atoms with E-state index in [1.807, 2.05) is 32.3 Å². The van der Waals surface area contributed by atoms with Crippen molar-refractivity contribution in [3.8, 4) is 5.75 Å². The quantitative estimate of drug-likeness (QED) is 0.275. The first-order valence-corrected chi connectivity index (χ1v) is 10.3. The summed E-state index contributed by atoms with van der Waals surface area (Å²) in [7, 11) is 3.96. The lowest BCUT2D eigenvalue weighted by molar-refractivity contribution is 0.0934. The molecule has 11 heteroatoms. The molecular weight excluding hydrogens is 434 g/mol. The van der Waals surface area contributed by atoms with Crippen LogP contribution in [0.2, 0.25) is 0 Å². The van der Waals surface area contributed by atoms with Gasteiger partial charge in [-0.05, 0) is 43.9 Å². The fraction of sp³-hybridized carbons (Fsp3) is 0.143. The Morgan fingerprint density at radius 3 is 2.75 bits per heavy atom. The van der Waals surface area contributed by atoms with E-state index in [-0.39, 0.29) is 16.9 Å². The van der Waals surface area contributed by atoms with Crippen LogP contribution < -0.4 is 21.8 Å². The molecule has 4 N–H and O–H groups in total. The first-order chi connectivity index (χ1) is 15.3. The molecule has 0 aliphatic carbocycles. The molecule has 2 aromatic carbocycles. The van der Waals surface area contributed by atoms with E-state index < -0.39 is 17.6 Å². The molecule has 0 saturated heterocycles. The van der Waals surface area contributed by atoms with Crippen LogP contribution in [0.1, 0.15) is 15.9 Å². The van der Waals surface area contributed by atoms with E-state index in [0.29, 0.717) is 10.5 Å². The van der Waals surface area contributed by atoms with E-state index >= 15 is 0 Å². The number of hydrazine groups is 1. The Hall–Kier alpha value is -3.96. The van der Waals surface area contributed by atoms with Crippen LogP contribution in [0, 0.1) is 0 Å². The van der Waals surface area contributed by atoms with Crippen molar-refractivity contribution in [3.63, 3.8) is 0 Å². The zero-order chi connectivity index (χ0) is 22.8. The summed E-state index contributed by atoms with van der Waals surface area (Å²) in [6.45, 7) is 0.783. The van der Waals surface area contributed by atoms with Crippen molar-refractivity contribution in [2.24, 2.45) is 0 Å². The van der Waals surface area contributed by atoms with E-state index in [9.17, 15) is 19.5 Å². The van der Waals surface area contributed by atoms with Crippen LogP contribution in [-0.2, 0) is 6.54 Å². The molecule has 164 valence electrons. The van der Waals surface area contributed by atoms with Gasteiger partial charge in [0.1, 0.15) is 5.56 Å². The van der Waals surface area contributed by atoms with Gasteiger partial charge in [-0.3, -0.25) is 15.5 Å². The maximum atomic E-state index is 12.3. The molecular formula is C21H19N5O5S. The van der Waals surface area contributed by atoms with E-state index in [4.69, 9.17) is 4.42 Å². The largest absolute Gasteiger partial charge is 0.504 e. The van der Waals surface area contributed by atoms with Crippen molar-refractivity contribution < 1.29 is 19.1 Å². The maximum Gasteiger partial charge on any atom is 0.349 e. The summed E-state index contributed by atoms with van der Waals surface area (Å²) in [4.78, 5) is 43.0. The SMILES string of the molecule is CN(C)Cc1ccc2nc(NC(=O)NNC(=O)c3cc4cccc(O)c4oc3=O)sc2c1. The third-order valence-corrected chi connectivity index (χ3v) is 5.38. The number of benzene rings is 2. The van der Waals surface area contributed by atoms with Gasteiger partial charge >= 0.3 is 11.7 Å². The third-order valence-electron chi connectivity index (χ3n) is 4.45. The number of thiazole rings is 1.